The molecule has 0 fully saturated rings. The van der Waals surface area contributed by atoms with Crippen LogP contribution in [0.5, 0.6) is 5.75 Å². The van der Waals surface area contributed by atoms with Gasteiger partial charge in [-0.25, -0.2) is 0 Å². The van der Waals surface area contributed by atoms with E-state index in [-0.39, 0.29) is 0 Å². The zero-order chi connectivity index (χ0) is 13.2. The van der Waals surface area contributed by atoms with Crippen molar-refractivity contribution in [3.05, 3.63) is 48.0 Å². The van der Waals surface area contributed by atoms with Gasteiger partial charge in [-0.15, -0.1) is 10.2 Å². The van der Waals surface area contributed by atoms with Crippen LogP contribution in [-0.4, -0.2) is 21.6 Å². The Kier molecular flexibility index (Phi) is 2.91. The molecule has 0 N–H and O–H groups in total. The molecule has 0 radical (unpaired) electrons. The van der Waals surface area contributed by atoms with Crippen LogP contribution < -0.4 is 4.74 Å². The first kappa shape index (κ1) is 11.7. The van der Waals surface area contributed by atoms with Crippen LogP contribution in [0.25, 0.3) is 16.7 Å². The molecule has 0 spiro atoms. The van der Waals surface area contributed by atoms with Crippen LogP contribution in [0.4, 0.5) is 0 Å². The molecular weight excluding hydrogens is 238 g/mol. The maximum Gasteiger partial charge on any atom is 0.121 e. The summed E-state index contributed by atoms with van der Waals surface area (Å²) in [5.41, 5.74) is 3.85. The first-order valence-electron chi connectivity index (χ1n) is 6.34. The van der Waals surface area contributed by atoms with Gasteiger partial charge < -0.3 is 4.74 Å². The minimum atomic E-state index is 0.650. The van der Waals surface area contributed by atoms with Gasteiger partial charge in [0, 0.05) is 6.07 Å². The van der Waals surface area contributed by atoms with Crippen molar-refractivity contribution in [3.63, 3.8) is 0 Å². The second-order valence-electron chi connectivity index (χ2n) is 4.36. The molecule has 3 aromatic rings. The fraction of sp³-hybridized carbons (Fsp3) is 0.200. The second-order valence-corrected chi connectivity index (χ2v) is 4.36. The highest BCUT2D eigenvalue weighted by molar-refractivity contribution is 5.73. The topological polar surface area (TPSA) is 39.9 Å². The monoisotopic (exact) mass is 253 g/mol. The van der Waals surface area contributed by atoms with Crippen molar-refractivity contribution in [1.82, 2.24) is 15.0 Å². The molecule has 0 bridgehead atoms. The van der Waals surface area contributed by atoms with Crippen LogP contribution in [0.15, 0.2) is 42.5 Å². The smallest absolute Gasteiger partial charge is 0.121 e. The van der Waals surface area contributed by atoms with Crippen molar-refractivity contribution in [3.8, 4) is 11.4 Å². The minimum absolute atomic E-state index is 0.650. The van der Waals surface area contributed by atoms with Crippen LogP contribution in [-0.2, 0) is 0 Å². The van der Waals surface area contributed by atoms with Crippen molar-refractivity contribution in [2.75, 3.05) is 6.61 Å². The second kappa shape index (κ2) is 4.72. The lowest BCUT2D eigenvalue weighted by molar-refractivity contribution is 0.340. The van der Waals surface area contributed by atoms with E-state index in [1.807, 2.05) is 56.3 Å². The van der Waals surface area contributed by atoms with Gasteiger partial charge in [0.05, 0.1) is 12.3 Å². The van der Waals surface area contributed by atoms with Crippen molar-refractivity contribution in [2.45, 2.75) is 13.8 Å². The fourth-order valence-corrected chi connectivity index (χ4v) is 2.03. The van der Waals surface area contributed by atoms with E-state index >= 15 is 0 Å². The number of benzene rings is 2. The first-order valence-corrected chi connectivity index (χ1v) is 6.34. The number of aryl methyl sites for hydroxylation is 1. The van der Waals surface area contributed by atoms with Gasteiger partial charge in [0.2, 0.25) is 0 Å². The first-order chi connectivity index (χ1) is 9.28. The molecular formula is C15H15N3O. The standard InChI is InChI=1S/C15H15N3O/c1-3-19-12-9-8-11(2)15(10-12)18-16-13-6-4-5-7-14(13)17-18/h4-10H,3H2,1-2H3. The van der Waals surface area contributed by atoms with Crippen molar-refractivity contribution in [2.24, 2.45) is 0 Å². The Morgan fingerprint density at radius 2 is 1.74 bits per heavy atom. The van der Waals surface area contributed by atoms with E-state index in [0.717, 1.165) is 28.0 Å². The largest absolute Gasteiger partial charge is 0.494 e. The van der Waals surface area contributed by atoms with E-state index in [1.54, 1.807) is 4.80 Å². The summed E-state index contributed by atoms with van der Waals surface area (Å²) in [7, 11) is 0. The molecule has 96 valence electrons. The fourth-order valence-electron chi connectivity index (χ4n) is 2.03. The average molecular weight is 253 g/mol. The summed E-state index contributed by atoms with van der Waals surface area (Å²) in [6.45, 7) is 4.66. The number of hydrogen-bond acceptors (Lipinski definition) is 3. The number of rotatable bonds is 3. The zero-order valence-electron chi connectivity index (χ0n) is 11.0. The van der Waals surface area contributed by atoms with E-state index < -0.39 is 0 Å². The van der Waals surface area contributed by atoms with Gasteiger partial charge in [-0.2, -0.15) is 4.80 Å². The molecule has 1 aromatic heterocycles. The van der Waals surface area contributed by atoms with Crippen molar-refractivity contribution in [1.29, 1.82) is 0 Å². The van der Waals surface area contributed by atoms with Gasteiger partial charge in [-0.1, -0.05) is 18.2 Å². The van der Waals surface area contributed by atoms with Crippen LogP contribution in [0, 0.1) is 6.92 Å². The van der Waals surface area contributed by atoms with E-state index in [4.69, 9.17) is 4.74 Å². The third kappa shape index (κ3) is 2.17. The molecule has 0 amide bonds. The zero-order valence-corrected chi connectivity index (χ0v) is 11.0. The molecule has 3 rings (SSSR count). The Labute approximate surface area is 111 Å². The lowest BCUT2D eigenvalue weighted by Gasteiger charge is -2.08. The summed E-state index contributed by atoms with van der Waals surface area (Å²) >= 11 is 0. The van der Waals surface area contributed by atoms with Gasteiger partial charge >= 0.3 is 0 Å². The van der Waals surface area contributed by atoms with Gasteiger partial charge in [-0.05, 0) is 37.6 Å². The molecule has 4 heteroatoms. The summed E-state index contributed by atoms with van der Waals surface area (Å²) in [6, 6.07) is 13.8. The number of ether oxygens (including phenoxy) is 1. The van der Waals surface area contributed by atoms with Crippen LogP contribution >= 0.6 is 0 Å². The number of nitrogens with zero attached hydrogens (tertiary/aromatic N) is 3. The Bertz CT molecular complexity index is 685. The lowest BCUT2D eigenvalue weighted by Crippen LogP contribution is -2.02. The molecule has 0 unspecified atom stereocenters. The summed E-state index contributed by atoms with van der Waals surface area (Å²) < 4.78 is 5.53. The van der Waals surface area contributed by atoms with Crippen LogP contribution in [0.1, 0.15) is 12.5 Å². The third-order valence-corrected chi connectivity index (χ3v) is 2.99. The van der Waals surface area contributed by atoms with Gasteiger partial charge in [0.1, 0.15) is 16.8 Å². The lowest BCUT2D eigenvalue weighted by atomic mass is 10.2. The maximum atomic E-state index is 5.53. The Hall–Kier alpha value is -2.36. The van der Waals surface area contributed by atoms with Gasteiger partial charge in [0.25, 0.3) is 0 Å². The summed E-state index contributed by atoms with van der Waals surface area (Å²) in [4.78, 5) is 1.67. The Morgan fingerprint density at radius 3 is 2.37 bits per heavy atom. The third-order valence-electron chi connectivity index (χ3n) is 2.99. The van der Waals surface area contributed by atoms with Gasteiger partial charge in [-0.3, -0.25) is 0 Å². The molecule has 1 heterocycles. The summed E-state index contributed by atoms with van der Waals surface area (Å²) in [6.07, 6.45) is 0. The quantitative estimate of drug-likeness (QED) is 0.720. The molecule has 0 atom stereocenters. The highest BCUT2D eigenvalue weighted by Crippen LogP contribution is 2.21. The van der Waals surface area contributed by atoms with Crippen molar-refractivity contribution >= 4 is 11.0 Å². The highest BCUT2D eigenvalue weighted by atomic mass is 16.5. The number of fused-ring (bicyclic) bond motifs is 1. The number of hydrogen-bond donors (Lipinski definition) is 0. The molecule has 19 heavy (non-hydrogen) atoms. The summed E-state index contributed by atoms with van der Waals surface area (Å²) in [5, 5.41) is 8.99. The van der Waals surface area contributed by atoms with Crippen LogP contribution in [0.3, 0.4) is 0 Å². The molecule has 0 aliphatic heterocycles. The van der Waals surface area contributed by atoms with E-state index in [1.165, 1.54) is 0 Å². The molecule has 0 saturated heterocycles. The van der Waals surface area contributed by atoms with Gasteiger partial charge in [0.15, 0.2) is 0 Å². The van der Waals surface area contributed by atoms with Crippen LogP contribution in [0.2, 0.25) is 0 Å². The molecule has 0 aliphatic carbocycles. The molecule has 0 aliphatic rings. The van der Waals surface area contributed by atoms with E-state index in [0.29, 0.717) is 6.61 Å². The molecule has 4 nitrogen and oxygen atoms in total. The highest BCUT2D eigenvalue weighted by Gasteiger charge is 2.08. The maximum absolute atomic E-state index is 5.53. The SMILES string of the molecule is CCOc1ccc(C)c(-n2nc3ccccc3n2)c1. The van der Waals surface area contributed by atoms with E-state index in [9.17, 15) is 0 Å². The Morgan fingerprint density at radius 1 is 1.05 bits per heavy atom. The average Bonchev–Trinajstić information content (AvgIpc) is 2.85. The normalized spacial score (nSPS) is 10.8. The Balaban J connectivity index is 2.11. The number of aromatic nitrogens is 3. The van der Waals surface area contributed by atoms with Crippen molar-refractivity contribution < 1.29 is 4.74 Å². The summed E-state index contributed by atoms with van der Waals surface area (Å²) in [5.74, 6) is 0.837. The minimum Gasteiger partial charge on any atom is -0.494 e. The van der Waals surface area contributed by atoms with E-state index in [2.05, 4.69) is 10.2 Å². The predicted octanol–water partition coefficient (Wildman–Crippen LogP) is 3.13. The molecule has 2 aromatic carbocycles. The molecule has 0 saturated carbocycles. The predicted molar refractivity (Wildman–Crippen MR) is 74.8 cm³/mol.